The molecular weight excluding hydrogens is 215 g/mol. The molecule has 0 unspecified atom stereocenters. The van der Waals surface area contributed by atoms with Crippen molar-refractivity contribution in [2.45, 2.75) is 27.2 Å². The van der Waals surface area contributed by atoms with Crippen molar-refractivity contribution >= 4 is 24.8 Å². The molecule has 0 aromatic heterocycles. The number of hydrogen-bond donors (Lipinski definition) is 0. The first-order valence-electron chi connectivity index (χ1n) is 2.96. The molecule has 0 fully saturated rings. The molecular formula is C8H13Cl2Ti-. The summed E-state index contributed by atoms with van der Waals surface area (Å²) in [6, 6.07) is 0. The molecule has 64 valence electrons. The molecule has 0 radical (unpaired) electrons. The summed E-state index contributed by atoms with van der Waals surface area (Å²) >= 11 is 0. The number of allylic oxidation sites excluding steroid dienone is 4. The van der Waals surface area contributed by atoms with Crippen LogP contribution in [0.4, 0.5) is 0 Å². The Morgan fingerprint density at radius 3 is 1.64 bits per heavy atom. The Kier molecular flexibility index (Phi) is 12.0. The molecule has 0 nitrogen and oxygen atoms in total. The van der Waals surface area contributed by atoms with Crippen molar-refractivity contribution in [1.29, 1.82) is 0 Å². The van der Waals surface area contributed by atoms with E-state index in [1.165, 1.54) is 16.7 Å². The Bertz CT molecular complexity index is 165. The minimum atomic E-state index is 0. The van der Waals surface area contributed by atoms with Crippen LogP contribution in [0, 0.1) is 6.08 Å². The minimum Gasteiger partial charge on any atom is -0.269 e. The largest absolute Gasteiger partial charge is 0.269 e. The van der Waals surface area contributed by atoms with Crippen LogP contribution in [0.5, 0.6) is 0 Å². The molecule has 0 saturated carbocycles. The van der Waals surface area contributed by atoms with Gasteiger partial charge in [0.2, 0.25) is 0 Å². The average molecular weight is 228 g/mol. The molecule has 3 heteroatoms. The van der Waals surface area contributed by atoms with Crippen LogP contribution in [-0.2, 0) is 21.7 Å². The van der Waals surface area contributed by atoms with Gasteiger partial charge in [0.25, 0.3) is 0 Å². The van der Waals surface area contributed by atoms with Gasteiger partial charge in [-0.3, -0.25) is 6.08 Å². The van der Waals surface area contributed by atoms with Crippen LogP contribution < -0.4 is 0 Å². The maximum atomic E-state index is 3.26. The van der Waals surface area contributed by atoms with Crippen molar-refractivity contribution in [2.75, 3.05) is 0 Å². The van der Waals surface area contributed by atoms with Gasteiger partial charge in [-0.25, -0.2) is 5.57 Å². The van der Waals surface area contributed by atoms with Gasteiger partial charge in [0.1, 0.15) is 0 Å². The number of halogens is 2. The zero-order valence-electron chi connectivity index (χ0n) is 7.02. The number of hydrogen-bond acceptors (Lipinski definition) is 0. The minimum absolute atomic E-state index is 0. The van der Waals surface area contributed by atoms with Gasteiger partial charge in [-0.2, -0.15) is 11.1 Å². The summed E-state index contributed by atoms with van der Waals surface area (Å²) in [5, 5.41) is 0. The number of rotatable bonds is 0. The molecule has 1 aliphatic rings. The predicted molar refractivity (Wildman–Crippen MR) is 49.9 cm³/mol. The monoisotopic (exact) mass is 227 g/mol. The van der Waals surface area contributed by atoms with Crippen LogP contribution >= 0.6 is 24.8 Å². The van der Waals surface area contributed by atoms with Gasteiger partial charge >= 0.3 is 0 Å². The van der Waals surface area contributed by atoms with Crippen molar-refractivity contribution in [3.05, 3.63) is 22.8 Å². The van der Waals surface area contributed by atoms with Crippen LogP contribution in [-0.4, -0.2) is 0 Å². The second-order valence-electron chi connectivity index (χ2n) is 2.38. The Morgan fingerprint density at radius 1 is 1.09 bits per heavy atom. The van der Waals surface area contributed by atoms with Crippen LogP contribution in [0.2, 0.25) is 0 Å². The van der Waals surface area contributed by atoms with Crippen LogP contribution in [0.1, 0.15) is 27.2 Å². The Labute approximate surface area is 96.2 Å². The van der Waals surface area contributed by atoms with E-state index in [0.29, 0.717) is 0 Å². The van der Waals surface area contributed by atoms with E-state index in [9.17, 15) is 0 Å². The topological polar surface area (TPSA) is 0 Å². The first kappa shape index (κ1) is 17.8. The summed E-state index contributed by atoms with van der Waals surface area (Å²) in [5.41, 5.74) is 4.25. The van der Waals surface area contributed by atoms with Gasteiger partial charge in [-0.15, -0.1) is 38.2 Å². The molecule has 11 heavy (non-hydrogen) atoms. The third-order valence-corrected chi connectivity index (χ3v) is 1.82. The molecule has 0 saturated heterocycles. The van der Waals surface area contributed by atoms with E-state index in [0.717, 1.165) is 6.42 Å². The van der Waals surface area contributed by atoms with E-state index in [1.54, 1.807) is 0 Å². The van der Waals surface area contributed by atoms with Crippen molar-refractivity contribution in [1.82, 2.24) is 0 Å². The summed E-state index contributed by atoms with van der Waals surface area (Å²) in [6.45, 7) is 6.44. The van der Waals surface area contributed by atoms with Crippen LogP contribution in [0.15, 0.2) is 16.7 Å². The van der Waals surface area contributed by atoms with Gasteiger partial charge in [-0.1, -0.05) is 13.8 Å². The van der Waals surface area contributed by atoms with Gasteiger partial charge < -0.3 is 0 Å². The molecule has 0 aromatic carbocycles. The van der Waals surface area contributed by atoms with Crippen LogP contribution in [0.25, 0.3) is 0 Å². The van der Waals surface area contributed by atoms with E-state index in [2.05, 4.69) is 26.8 Å². The molecule has 0 N–H and O–H groups in total. The zero-order chi connectivity index (χ0) is 6.15. The maximum absolute atomic E-state index is 3.26. The Morgan fingerprint density at radius 2 is 1.55 bits per heavy atom. The second-order valence-corrected chi connectivity index (χ2v) is 2.38. The molecule has 0 spiro atoms. The molecule has 0 atom stereocenters. The molecule has 0 amide bonds. The fourth-order valence-corrected chi connectivity index (χ4v) is 0.850. The summed E-state index contributed by atoms with van der Waals surface area (Å²) in [6.07, 6.45) is 4.31. The second kappa shape index (κ2) is 7.42. The summed E-state index contributed by atoms with van der Waals surface area (Å²) in [5.74, 6) is 0. The van der Waals surface area contributed by atoms with E-state index in [4.69, 9.17) is 0 Å². The Hall–Kier alpha value is 0.774. The quantitative estimate of drug-likeness (QED) is 0.440. The van der Waals surface area contributed by atoms with E-state index >= 15 is 0 Å². The molecule has 0 heterocycles. The molecule has 1 rings (SSSR count). The normalized spacial score (nSPS) is 14.3. The molecule has 1 aliphatic carbocycles. The fraction of sp³-hybridized carbons (Fsp3) is 0.500. The smallest absolute Gasteiger partial charge is 0 e. The zero-order valence-corrected chi connectivity index (χ0v) is 10.2. The standard InChI is InChI=1S/C8H11.2ClH.Ti/c1-6-4-5-7(2)8(6)3;;;/h4H2,1-3H3;2*1H;/q-1;;;. The maximum Gasteiger partial charge on any atom is 0 e. The van der Waals surface area contributed by atoms with Crippen molar-refractivity contribution in [3.63, 3.8) is 0 Å². The molecule has 0 aromatic rings. The average Bonchev–Trinajstić information content (AvgIpc) is 1.98. The van der Waals surface area contributed by atoms with Crippen molar-refractivity contribution in [2.24, 2.45) is 0 Å². The van der Waals surface area contributed by atoms with Crippen LogP contribution in [0.3, 0.4) is 0 Å². The van der Waals surface area contributed by atoms with Crippen molar-refractivity contribution in [3.8, 4) is 0 Å². The van der Waals surface area contributed by atoms with Gasteiger partial charge in [-0.05, 0) is 0 Å². The fourth-order valence-electron chi connectivity index (χ4n) is 0.850. The molecule has 0 aliphatic heterocycles. The summed E-state index contributed by atoms with van der Waals surface area (Å²) < 4.78 is 0. The van der Waals surface area contributed by atoms with Gasteiger partial charge in [0.15, 0.2) is 0 Å². The van der Waals surface area contributed by atoms with E-state index < -0.39 is 0 Å². The molecule has 0 bridgehead atoms. The first-order valence-corrected chi connectivity index (χ1v) is 2.96. The third kappa shape index (κ3) is 4.37. The van der Waals surface area contributed by atoms with E-state index in [1.807, 2.05) is 0 Å². The SMILES string of the molecule is CC1=[C-]CC(C)=C1C.Cl.Cl.[Ti]. The third-order valence-electron chi connectivity index (χ3n) is 1.82. The Balaban J connectivity index is -0.000000213. The first-order chi connectivity index (χ1) is 3.72. The summed E-state index contributed by atoms with van der Waals surface area (Å²) in [7, 11) is 0. The van der Waals surface area contributed by atoms with E-state index in [-0.39, 0.29) is 46.5 Å². The van der Waals surface area contributed by atoms with Gasteiger partial charge in [0, 0.05) is 21.7 Å². The van der Waals surface area contributed by atoms with Crippen molar-refractivity contribution < 1.29 is 21.7 Å². The predicted octanol–water partition coefficient (Wildman–Crippen LogP) is 3.32. The summed E-state index contributed by atoms with van der Waals surface area (Å²) in [4.78, 5) is 0. The van der Waals surface area contributed by atoms with Gasteiger partial charge in [0.05, 0.1) is 0 Å².